The second-order valence-corrected chi connectivity index (χ2v) is 2.60. The van der Waals surface area contributed by atoms with Crippen molar-refractivity contribution in [2.24, 2.45) is 0 Å². The molecule has 0 aliphatic heterocycles. The molecule has 8 heteroatoms. The molecule has 0 aliphatic rings. The summed E-state index contributed by atoms with van der Waals surface area (Å²) in [5, 5.41) is 0. The van der Waals surface area contributed by atoms with Gasteiger partial charge in [0.1, 0.15) is 0 Å². The molecule has 0 radical (unpaired) electrons. The number of hydrazine groups is 1. The van der Waals surface area contributed by atoms with Crippen molar-refractivity contribution in [3.8, 4) is 0 Å². The van der Waals surface area contributed by atoms with Gasteiger partial charge >= 0.3 is 6.18 Å². The first-order chi connectivity index (χ1) is 6.89. The predicted octanol–water partition coefficient (Wildman–Crippen LogP) is 0.958. The second-order valence-electron chi connectivity index (χ2n) is 2.60. The van der Waals surface area contributed by atoms with Gasteiger partial charge in [-0.2, -0.15) is 13.2 Å². The Bertz CT molecular complexity index is 348. The molecule has 0 saturated heterocycles. The number of rotatable bonds is 2. The fourth-order valence-electron chi connectivity index (χ4n) is 0.683. The van der Waals surface area contributed by atoms with Crippen molar-refractivity contribution in [1.82, 2.24) is 15.4 Å². The van der Waals surface area contributed by atoms with Gasteiger partial charge in [-0.1, -0.05) is 0 Å². The van der Waals surface area contributed by atoms with Gasteiger partial charge in [0, 0.05) is 19.3 Å². The minimum absolute atomic E-state index is 0.113. The zero-order valence-electron chi connectivity index (χ0n) is 7.59. The normalized spacial score (nSPS) is 10.9. The maximum Gasteiger partial charge on any atom is 0.419 e. The summed E-state index contributed by atoms with van der Waals surface area (Å²) in [4.78, 5) is 17.2. The van der Waals surface area contributed by atoms with Gasteiger partial charge in [-0.05, 0) is 0 Å². The van der Waals surface area contributed by atoms with Crippen LogP contribution in [0.25, 0.3) is 0 Å². The number of halogens is 3. The summed E-state index contributed by atoms with van der Waals surface area (Å²) in [5.74, 6) is -0.517. The van der Waals surface area contributed by atoms with Crippen molar-refractivity contribution in [3.63, 3.8) is 0 Å². The van der Waals surface area contributed by atoms with Gasteiger partial charge in [0.05, 0.1) is 5.56 Å². The lowest BCUT2D eigenvalue weighted by Gasteiger charge is -2.07. The Hall–Kier alpha value is -1.86. The molecule has 0 aromatic carbocycles. The van der Waals surface area contributed by atoms with Gasteiger partial charge in [0.15, 0.2) is 0 Å². The molecule has 0 fully saturated rings. The Labute approximate surface area is 82.7 Å². The number of amides is 1. The average molecular weight is 220 g/mol. The van der Waals surface area contributed by atoms with Crippen LogP contribution in [0.3, 0.4) is 0 Å². The number of aromatic nitrogens is 2. The third kappa shape index (κ3) is 3.41. The molecule has 1 amide bonds. The molecule has 2 N–H and O–H groups in total. The first kappa shape index (κ1) is 11.2. The number of hydrogen-bond acceptors (Lipinski definition) is 4. The average Bonchev–Trinajstić information content (AvgIpc) is 2.14. The van der Waals surface area contributed by atoms with Crippen LogP contribution < -0.4 is 10.9 Å². The van der Waals surface area contributed by atoms with Crippen molar-refractivity contribution < 1.29 is 18.0 Å². The van der Waals surface area contributed by atoms with Crippen LogP contribution in [0.1, 0.15) is 12.5 Å². The fraction of sp³-hybridized carbons (Fsp3) is 0.286. The molecule has 15 heavy (non-hydrogen) atoms. The van der Waals surface area contributed by atoms with Gasteiger partial charge in [0.25, 0.3) is 0 Å². The number of anilines is 1. The summed E-state index contributed by atoms with van der Waals surface area (Å²) < 4.78 is 36.2. The van der Waals surface area contributed by atoms with E-state index in [0.29, 0.717) is 12.4 Å². The van der Waals surface area contributed by atoms with Crippen LogP contribution in [0.15, 0.2) is 12.4 Å². The summed E-state index contributed by atoms with van der Waals surface area (Å²) in [6, 6.07) is 0. The van der Waals surface area contributed by atoms with Crippen molar-refractivity contribution >= 4 is 11.9 Å². The largest absolute Gasteiger partial charge is 0.419 e. The molecule has 82 valence electrons. The van der Waals surface area contributed by atoms with Crippen LogP contribution in [-0.4, -0.2) is 15.9 Å². The molecule has 0 bridgehead atoms. The predicted molar refractivity (Wildman–Crippen MR) is 44.5 cm³/mol. The Morgan fingerprint density at radius 3 is 2.27 bits per heavy atom. The molecule has 1 aromatic heterocycles. The summed E-state index contributed by atoms with van der Waals surface area (Å²) >= 11 is 0. The molecular weight excluding hydrogens is 213 g/mol. The highest BCUT2D eigenvalue weighted by Crippen LogP contribution is 2.27. The lowest BCUT2D eigenvalue weighted by molar-refractivity contribution is -0.138. The molecule has 0 aliphatic carbocycles. The molecule has 0 unspecified atom stereocenters. The molecule has 0 spiro atoms. The van der Waals surface area contributed by atoms with E-state index in [-0.39, 0.29) is 5.95 Å². The van der Waals surface area contributed by atoms with E-state index in [9.17, 15) is 18.0 Å². The number of carbonyl (C=O) groups excluding carboxylic acids is 1. The summed E-state index contributed by atoms with van der Waals surface area (Å²) in [5.41, 5.74) is 3.41. The SMILES string of the molecule is CC(=O)NNc1ncc(C(F)(F)F)cn1. The lowest BCUT2D eigenvalue weighted by atomic mass is 10.3. The Morgan fingerprint density at radius 2 is 1.87 bits per heavy atom. The van der Waals surface area contributed by atoms with Gasteiger partial charge in [0.2, 0.25) is 11.9 Å². The van der Waals surface area contributed by atoms with E-state index >= 15 is 0 Å². The standard InChI is InChI=1S/C7H7F3N4O/c1-4(15)13-14-6-11-2-5(3-12-6)7(8,9)10/h2-3H,1H3,(H,13,15)(H,11,12,14). The van der Waals surface area contributed by atoms with E-state index in [0.717, 1.165) is 0 Å². The number of nitrogens with one attached hydrogen (secondary N) is 2. The molecule has 0 saturated carbocycles. The minimum atomic E-state index is -4.47. The number of alkyl halides is 3. The summed E-state index contributed by atoms with van der Waals surface area (Å²) in [6.07, 6.45) is -3.22. The highest BCUT2D eigenvalue weighted by molar-refractivity contribution is 5.73. The third-order valence-corrected chi connectivity index (χ3v) is 1.33. The number of carbonyl (C=O) groups is 1. The minimum Gasteiger partial charge on any atom is -0.274 e. The number of nitrogens with zero attached hydrogens (tertiary/aromatic N) is 2. The highest BCUT2D eigenvalue weighted by atomic mass is 19.4. The maximum absolute atomic E-state index is 12.1. The van der Waals surface area contributed by atoms with Crippen LogP contribution in [0.2, 0.25) is 0 Å². The zero-order valence-corrected chi connectivity index (χ0v) is 7.59. The van der Waals surface area contributed by atoms with Crippen LogP contribution >= 0.6 is 0 Å². The monoisotopic (exact) mass is 220 g/mol. The van der Waals surface area contributed by atoms with E-state index in [2.05, 4.69) is 20.8 Å². The molecular formula is C7H7F3N4O. The number of hydrogen-bond donors (Lipinski definition) is 2. The second kappa shape index (κ2) is 4.11. The molecule has 1 aromatic rings. The van der Waals surface area contributed by atoms with E-state index in [1.807, 2.05) is 0 Å². The summed E-state index contributed by atoms with van der Waals surface area (Å²) in [6.45, 7) is 1.23. The van der Waals surface area contributed by atoms with Crippen molar-refractivity contribution in [2.75, 3.05) is 5.43 Å². The van der Waals surface area contributed by atoms with Crippen molar-refractivity contribution in [3.05, 3.63) is 18.0 Å². The zero-order chi connectivity index (χ0) is 11.5. The van der Waals surface area contributed by atoms with Gasteiger partial charge in [-0.15, -0.1) is 0 Å². The molecule has 1 heterocycles. The quantitative estimate of drug-likeness (QED) is 0.728. The Kier molecular flexibility index (Phi) is 3.08. The molecule has 1 rings (SSSR count). The van der Waals surface area contributed by atoms with Gasteiger partial charge in [-0.3, -0.25) is 15.6 Å². The highest BCUT2D eigenvalue weighted by Gasteiger charge is 2.31. The van der Waals surface area contributed by atoms with Gasteiger partial charge in [-0.25, -0.2) is 9.97 Å². The van der Waals surface area contributed by atoms with Crippen molar-refractivity contribution in [1.29, 1.82) is 0 Å². The first-order valence-corrected chi connectivity index (χ1v) is 3.81. The Morgan fingerprint density at radius 1 is 1.33 bits per heavy atom. The van der Waals surface area contributed by atoms with E-state index in [4.69, 9.17) is 0 Å². The lowest BCUT2D eigenvalue weighted by Crippen LogP contribution is -2.27. The topological polar surface area (TPSA) is 66.9 Å². The Balaban J connectivity index is 2.69. The van der Waals surface area contributed by atoms with E-state index in [1.165, 1.54) is 6.92 Å². The molecule has 5 nitrogen and oxygen atoms in total. The van der Waals surface area contributed by atoms with Crippen LogP contribution in [0.4, 0.5) is 19.1 Å². The summed E-state index contributed by atoms with van der Waals surface area (Å²) in [7, 11) is 0. The van der Waals surface area contributed by atoms with E-state index in [1.54, 1.807) is 0 Å². The molecule has 0 atom stereocenters. The smallest absolute Gasteiger partial charge is 0.274 e. The van der Waals surface area contributed by atoms with Crippen LogP contribution in [0, 0.1) is 0 Å². The van der Waals surface area contributed by atoms with E-state index < -0.39 is 17.6 Å². The van der Waals surface area contributed by atoms with Crippen LogP contribution in [-0.2, 0) is 11.0 Å². The van der Waals surface area contributed by atoms with Crippen molar-refractivity contribution in [2.45, 2.75) is 13.1 Å². The van der Waals surface area contributed by atoms with Gasteiger partial charge < -0.3 is 0 Å². The van der Waals surface area contributed by atoms with Crippen LogP contribution in [0.5, 0.6) is 0 Å². The maximum atomic E-state index is 12.1. The first-order valence-electron chi connectivity index (χ1n) is 3.81. The third-order valence-electron chi connectivity index (χ3n) is 1.33. The fourth-order valence-corrected chi connectivity index (χ4v) is 0.683.